The molecule has 24 heavy (non-hydrogen) atoms. The average molecular weight is 327 g/mol. The van der Waals surface area contributed by atoms with Gasteiger partial charge in [-0.25, -0.2) is 4.79 Å². The number of likely N-dealkylation sites (tertiary alicyclic amines) is 1. The van der Waals surface area contributed by atoms with Gasteiger partial charge in [-0.15, -0.1) is 0 Å². The molecule has 126 valence electrons. The Kier molecular flexibility index (Phi) is 2.93. The van der Waals surface area contributed by atoms with Crippen molar-refractivity contribution in [3.63, 3.8) is 0 Å². The quantitative estimate of drug-likeness (QED) is 0.794. The van der Waals surface area contributed by atoms with Crippen molar-refractivity contribution in [1.82, 2.24) is 4.90 Å². The summed E-state index contributed by atoms with van der Waals surface area (Å²) in [4.78, 5) is 26.7. The largest absolute Gasteiger partial charge is 0.497 e. The third kappa shape index (κ3) is 2.00. The number of hydrogen-bond donors (Lipinski definition) is 0. The second-order valence-electron chi connectivity index (χ2n) is 7.77. The average Bonchev–Trinajstić information content (AvgIpc) is 3.13. The van der Waals surface area contributed by atoms with Crippen molar-refractivity contribution in [3.05, 3.63) is 41.1 Å². The molecule has 0 bridgehead atoms. The monoisotopic (exact) mass is 327 g/mol. The van der Waals surface area contributed by atoms with Crippen LogP contribution in [0, 0.1) is 5.92 Å². The number of ketones is 1. The third-order valence-electron chi connectivity index (χ3n) is 5.11. The summed E-state index contributed by atoms with van der Waals surface area (Å²) in [6, 6.07) is 5.58. The zero-order valence-electron chi connectivity index (χ0n) is 14.4. The predicted molar refractivity (Wildman–Crippen MR) is 88.1 cm³/mol. The van der Waals surface area contributed by atoms with Gasteiger partial charge in [0.1, 0.15) is 11.4 Å². The van der Waals surface area contributed by atoms with E-state index in [0.29, 0.717) is 18.0 Å². The fourth-order valence-electron chi connectivity index (χ4n) is 4.02. The van der Waals surface area contributed by atoms with Crippen LogP contribution in [0.1, 0.15) is 43.1 Å². The van der Waals surface area contributed by atoms with Crippen LogP contribution in [0.3, 0.4) is 0 Å². The molecule has 1 saturated carbocycles. The topological polar surface area (TPSA) is 55.8 Å². The minimum absolute atomic E-state index is 0.0608. The number of carbonyl (C=O) groups excluding carboxylic acids is 2. The lowest BCUT2D eigenvalue weighted by Gasteiger charge is -2.31. The van der Waals surface area contributed by atoms with Gasteiger partial charge < -0.3 is 9.47 Å². The van der Waals surface area contributed by atoms with E-state index >= 15 is 0 Å². The highest BCUT2D eigenvalue weighted by atomic mass is 16.6. The molecule has 5 nitrogen and oxygen atoms in total. The Hall–Kier alpha value is -2.30. The number of fused-ring (bicyclic) bond motifs is 1. The first-order chi connectivity index (χ1) is 11.3. The number of ether oxygens (including phenoxy) is 2. The lowest BCUT2D eigenvalue weighted by molar-refractivity contribution is 0.0322. The number of methoxy groups -OCH3 is 1. The fraction of sp³-hybridized carbons (Fsp3) is 0.474. The lowest BCUT2D eigenvalue weighted by Crippen LogP contribution is -2.37. The van der Waals surface area contributed by atoms with E-state index in [1.807, 2.05) is 39.0 Å². The molecule has 0 N–H and O–H groups in total. The molecule has 2 fully saturated rings. The van der Waals surface area contributed by atoms with Gasteiger partial charge in [-0.3, -0.25) is 9.69 Å². The Balaban J connectivity index is 1.75. The van der Waals surface area contributed by atoms with Gasteiger partial charge >= 0.3 is 6.09 Å². The SMILES string of the molecule is COc1ccc2c(c1)[C@]13C[C@H]1CN(C(=O)OC(C)(C)C)C3=CC2=O. The maximum atomic E-state index is 12.5. The molecule has 0 unspecified atom stereocenters. The highest BCUT2D eigenvalue weighted by Gasteiger charge is 2.67. The van der Waals surface area contributed by atoms with Crippen LogP contribution in [0.15, 0.2) is 30.0 Å². The van der Waals surface area contributed by atoms with E-state index in [1.165, 1.54) is 0 Å². The third-order valence-corrected chi connectivity index (χ3v) is 5.11. The molecule has 4 rings (SSSR count). The van der Waals surface area contributed by atoms with Gasteiger partial charge in [-0.05, 0) is 56.9 Å². The van der Waals surface area contributed by atoms with Crippen molar-refractivity contribution >= 4 is 11.9 Å². The molecule has 1 aromatic carbocycles. The Bertz CT molecular complexity index is 789. The first kappa shape index (κ1) is 15.2. The van der Waals surface area contributed by atoms with E-state index in [9.17, 15) is 9.59 Å². The molecule has 1 saturated heterocycles. The van der Waals surface area contributed by atoms with Crippen LogP contribution >= 0.6 is 0 Å². The molecule has 1 spiro atoms. The number of nitrogens with zero attached hydrogens (tertiary/aromatic N) is 1. The van der Waals surface area contributed by atoms with Crippen LogP contribution in [0.25, 0.3) is 0 Å². The number of hydrogen-bond acceptors (Lipinski definition) is 4. The fourth-order valence-corrected chi connectivity index (χ4v) is 4.02. The minimum Gasteiger partial charge on any atom is -0.497 e. The summed E-state index contributed by atoms with van der Waals surface area (Å²) in [5.74, 6) is 1.02. The molecular weight excluding hydrogens is 306 g/mol. The normalized spacial score (nSPS) is 27.0. The van der Waals surface area contributed by atoms with Crippen molar-refractivity contribution in [2.75, 3.05) is 13.7 Å². The van der Waals surface area contributed by atoms with E-state index in [2.05, 4.69) is 0 Å². The molecule has 5 heteroatoms. The molecule has 2 atom stereocenters. The second kappa shape index (κ2) is 4.62. The van der Waals surface area contributed by atoms with Crippen molar-refractivity contribution in [2.24, 2.45) is 5.92 Å². The lowest BCUT2D eigenvalue weighted by atomic mass is 9.81. The summed E-state index contributed by atoms with van der Waals surface area (Å²) in [6.45, 7) is 6.14. The van der Waals surface area contributed by atoms with E-state index in [-0.39, 0.29) is 17.3 Å². The molecule has 0 radical (unpaired) electrons. The van der Waals surface area contributed by atoms with Crippen molar-refractivity contribution in [2.45, 2.75) is 38.2 Å². The van der Waals surface area contributed by atoms with Crippen LogP contribution in [-0.4, -0.2) is 36.0 Å². The maximum absolute atomic E-state index is 12.5. The van der Waals surface area contributed by atoms with Gasteiger partial charge in [0.05, 0.1) is 7.11 Å². The Morgan fingerprint density at radius 1 is 1.33 bits per heavy atom. The van der Waals surface area contributed by atoms with Gasteiger partial charge in [-0.2, -0.15) is 0 Å². The number of amides is 1. The van der Waals surface area contributed by atoms with Crippen molar-refractivity contribution < 1.29 is 19.1 Å². The maximum Gasteiger partial charge on any atom is 0.414 e. The highest BCUT2D eigenvalue weighted by Crippen LogP contribution is 2.66. The van der Waals surface area contributed by atoms with Gasteiger partial charge in [0.2, 0.25) is 0 Å². The molecule has 0 aromatic heterocycles. The van der Waals surface area contributed by atoms with Crippen molar-refractivity contribution in [3.8, 4) is 5.75 Å². The number of benzene rings is 1. The van der Waals surface area contributed by atoms with Crippen LogP contribution in [-0.2, 0) is 10.2 Å². The summed E-state index contributed by atoms with van der Waals surface area (Å²) in [6.07, 6.45) is 2.21. The Labute approximate surface area is 141 Å². The summed E-state index contributed by atoms with van der Waals surface area (Å²) in [5.41, 5.74) is 1.70. The van der Waals surface area contributed by atoms with Crippen LogP contribution < -0.4 is 4.74 Å². The number of rotatable bonds is 1. The van der Waals surface area contributed by atoms with Gasteiger partial charge in [0.25, 0.3) is 0 Å². The molecule has 3 aliphatic rings. The molecule has 1 aliphatic heterocycles. The Morgan fingerprint density at radius 2 is 2.08 bits per heavy atom. The molecular formula is C19H21NO4. The van der Waals surface area contributed by atoms with Gasteiger partial charge in [-0.1, -0.05) is 0 Å². The van der Waals surface area contributed by atoms with E-state index < -0.39 is 5.60 Å². The first-order valence-electron chi connectivity index (χ1n) is 8.22. The van der Waals surface area contributed by atoms with Crippen LogP contribution in [0.5, 0.6) is 5.75 Å². The van der Waals surface area contributed by atoms with E-state index in [0.717, 1.165) is 23.4 Å². The molecule has 2 aliphatic carbocycles. The van der Waals surface area contributed by atoms with Crippen molar-refractivity contribution in [1.29, 1.82) is 0 Å². The number of piperidine rings is 1. The number of allylic oxidation sites excluding steroid dienone is 2. The van der Waals surface area contributed by atoms with E-state index in [4.69, 9.17) is 9.47 Å². The molecule has 1 amide bonds. The van der Waals surface area contributed by atoms with Crippen LogP contribution in [0.2, 0.25) is 0 Å². The minimum atomic E-state index is -0.558. The summed E-state index contributed by atoms with van der Waals surface area (Å²) >= 11 is 0. The van der Waals surface area contributed by atoms with Crippen LogP contribution in [0.4, 0.5) is 4.79 Å². The van der Waals surface area contributed by atoms with Gasteiger partial charge in [0, 0.05) is 29.3 Å². The highest BCUT2D eigenvalue weighted by molar-refractivity contribution is 6.09. The molecule has 1 aromatic rings. The zero-order chi connectivity index (χ0) is 17.3. The summed E-state index contributed by atoms with van der Waals surface area (Å²) in [7, 11) is 1.62. The molecule has 1 heterocycles. The Morgan fingerprint density at radius 3 is 2.75 bits per heavy atom. The standard InChI is InChI=1S/C19H21NO4/c1-18(2,3)24-17(22)20-10-11-9-19(11)14-7-12(23-4)5-6-13(14)15(21)8-16(19)20/h5-8,11H,9-10H2,1-4H3/t11-,19-/m0/s1. The summed E-state index contributed by atoms with van der Waals surface area (Å²) < 4.78 is 10.8. The van der Waals surface area contributed by atoms with E-state index in [1.54, 1.807) is 18.1 Å². The predicted octanol–water partition coefficient (Wildman–Crippen LogP) is 3.28. The van der Waals surface area contributed by atoms with Gasteiger partial charge in [0.15, 0.2) is 5.78 Å². The zero-order valence-corrected chi connectivity index (χ0v) is 14.4. The second-order valence-corrected chi connectivity index (χ2v) is 7.77. The summed E-state index contributed by atoms with van der Waals surface area (Å²) in [5, 5.41) is 0. The number of carbonyl (C=O) groups is 2. The first-order valence-corrected chi connectivity index (χ1v) is 8.22. The smallest absolute Gasteiger partial charge is 0.414 e.